The minimum Gasteiger partial charge on any atom is -0.447 e. The number of fused-ring (bicyclic) bond motifs is 1. The Morgan fingerprint density at radius 3 is 2.79 bits per heavy atom. The fraction of sp³-hybridized carbons (Fsp3) is 0.353. The minimum absolute atomic E-state index is 0.350. The van der Waals surface area contributed by atoms with Crippen LogP contribution in [0.15, 0.2) is 49.1 Å². The van der Waals surface area contributed by atoms with Gasteiger partial charge >= 0.3 is 5.97 Å². The van der Waals surface area contributed by atoms with E-state index in [1.807, 2.05) is 18.2 Å². The van der Waals surface area contributed by atoms with Crippen molar-refractivity contribution in [3.63, 3.8) is 0 Å². The first-order chi connectivity index (χ1) is 9.09. The molecule has 1 aromatic rings. The van der Waals surface area contributed by atoms with Crippen molar-refractivity contribution in [2.24, 2.45) is 0 Å². The number of carbonyl (C=O) groups excluding carboxylic acids is 1. The molecule has 0 heterocycles. The summed E-state index contributed by atoms with van der Waals surface area (Å²) in [7, 11) is 0. The number of carbonyl (C=O) groups is 1. The highest BCUT2D eigenvalue weighted by molar-refractivity contribution is 5.87. The molecular formula is C17H20O2. The van der Waals surface area contributed by atoms with Gasteiger partial charge in [-0.3, -0.25) is 0 Å². The molecule has 0 radical (unpaired) electrons. The summed E-state index contributed by atoms with van der Waals surface area (Å²) in [5.41, 5.74) is 2.03. The largest absolute Gasteiger partial charge is 0.447 e. The third-order valence-corrected chi connectivity index (χ3v) is 3.67. The zero-order valence-electron chi connectivity index (χ0n) is 11.4. The average molecular weight is 256 g/mol. The first kappa shape index (κ1) is 13.6. The summed E-state index contributed by atoms with van der Waals surface area (Å²) in [6.45, 7) is 9.23. The topological polar surface area (TPSA) is 26.3 Å². The first-order valence-corrected chi connectivity index (χ1v) is 6.70. The highest BCUT2D eigenvalue weighted by Crippen LogP contribution is 2.38. The van der Waals surface area contributed by atoms with Gasteiger partial charge in [0.05, 0.1) is 0 Å². The molecule has 0 fully saturated rings. The molecule has 1 unspecified atom stereocenters. The molecule has 0 amide bonds. The lowest BCUT2D eigenvalue weighted by Gasteiger charge is -2.31. The fourth-order valence-corrected chi connectivity index (χ4v) is 2.60. The lowest BCUT2D eigenvalue weighted by Crippen LogP contribution is -2.31. The fourth-order valence-electron chi connectivity index (χ4n) is 2.60. The van der Waals surface area contributed by atoms with E-state index in [2.05, 4.69) is 19.2 Å². The number of hydrogen-bond acceptors (Lipinski definition) is 2. The van der Waals surface area contributed by atoms with Crippen LogP contribution in [0.4, 0.5) is 0 Å². The Morgan fingerprint density at radius 1 is 1.37 bits per heavy atom. The van der Waals surface area contributed by atoms with Gasteiger partial charge in [0.25, 0.3) is 0 Å². The van der Waals surface area contributed by atoms with Gasteiger partial charge in [0, 0.05) is 11.1 Å². The van der Waals surface area contributed by atoms with Crippen LogP contribution < -0.4 is 0 Å². The molecule has 1 aliphatic rings. The Labute approximate surface area is 114 Å². The van der Waals surface area contributed by atoms with Crippen molar-refractivity contribution >= 4 is 5.97 Å². The molecule has 1 aliphatic carbocycles. The van der Waals surface area contributed by atoms with E-state index in [9.17, 15) is 4.79 Å². The third kappa shape index (κ3) is 2.62. The first-order valence-electron chi connectivity index (χ1n) is 6.70. The van der Waals surface area contributed by atoms with E-state index in [0.717, 1.165) is 31.2 Å². The van der Waals surface area contributed by atoms with Crippen molar-refractivity contribution in [1.29, 1.82) is 0 Å². The number of aryl methyl sites for hydroxylation is 1. The van der Waals surface area contributed by atoms with E-state index in [4.69, 9.17) is 4.74 Å². The molecule has 1 aromatic carbocycles. The molecule has 0 bridgehead atoms. The minimum atomic E-state index is -0.705. The Bertz CT molecular complexity index is 516. The van der Waals surface area contributed by atoms with E-state index < -0.39 is 5.60 Å². The summed E-state index contributed by atoms with van der Waals surface area (Å²) < 4.78 is 5.74. The normalized spacial score (nSPS) is 21.9. The van der Waals surface area contributed by atoms with Crippen molar-refractivity contribution < 1.29 is 9.53 Å². The molecule has 1 atom stereocenters. The second-order valence-corrected chi connectivity index (χ2v) is 5.13. The molecule has 100 valence electrons. The number of ether oxygens (including phenoxy) is 1. The zero-order valence-corrected chi connectivity index (χ0v) is 11.4. The molecular weight excluding hydrogens is 236 g/mol. The maximum absolute atomic E-state index is 11.9. The van der Waals surface area contributed by atoms with Crippen LogP contribution in [0.1, 0.15) is 37.3 Å². The number of rotatable bonds is 3. The van der Waals surface area contributed by atoms with E-state index in [1.54, 1.807) is 13.0 Å². The summed E-state index contributed by atoms with van der Waals surface area (Å²) in [4.78, 5) is 11.9. The maximum Gasteiger partial charge on any atom is 0.334 e. The van der Waals surface area contributed by atoms with E-state index in [-0.39, 0.29) is 5.97 Å². The Morgan fingerprint density at radius 2 is 2.11 bits per heavy atom. The van der Waals surface area contributed by atoms with E-state index in [1.165, 1.54) is 5.56 Å². The Balaban J connectivity index is 2.46. The molecule has 2 nitrogen and oxygen atoms in total. The third-order valence-electron chi connectivity index (χ3n) is 3.67. The van der Waals surface area contributed by atoms with Gasteiger partial charge < -0.3 is 4.74 Å². The van der Waals surface area contributed by atoms with Crippen molar-refractivity contribution in [1.82, 2.24) is 0 Å². The van der Waals surface area contributed by atoms with Gasteiger partial charge in [-0.25, -0.2) is 4.79 Å². The second kappa shape index (κ2) is 5.43. The monoisotopic (exact) mass is 256 g/mol. The maximum atomic E-state index is 11.9. The lowest BCUT2D eigenvalue weighted by molar-refractivity contribution is -0.151. The van der Waals surface area contributed by atoms with Gasteiger partial charge in [0.1, 0.15) is 0 Å². The van der Waals surface area contributed by atoms with E-state index in [0.29, 0.717) is 5.57 Å². The quantitative estimate of drug-likeness (QED) is 0.355. The second-order valence-electron chi connectivity index (χ2n) is 5.13. The Kier molecular flexibility index (Phi) is 3.89. The predicted octanol–water partition coefficient (Wildman–Crippen LogP) is 3.91. The molecule has 2 rings (SSSR count). The summed E-state index contributed by atoms with van der Waals surface area (Å²) in [5.74, 6) is -0.350. The standard InChI is InChI=1S/C17H20O2/c1-4-17(19-16(18)13(2)3)12-8-7-10-14-9-5-6-11-15(14)17/h4-6,9,11H,1-2,7-8,10,12H2,3H3. The van der Waals surface area contributed by atoms with Crippen molar-refractivity contribution in [2.45, 2.75) is 38.2 Å². The smallest absolute Gasteiger partial charge is 0.334 e. The van der Waals surface area contributed by atoms with Gasteiger partial charge in [0.2, 0.25) is 0 Å². The highest BCUT2D eigenvalue weighted by atomic mass is 16.6. The van der Waals surface area contributed by atoms with E-state index >= 15 is 0 Å². The lowest BCUT2D eigenvalue weighted by atomic mass is 9.87. The van der Waals surface area contributed by atoms with Gasteiger partial charge in [-0.2, -0.15) is 0 Å². The summed E-state index contributed by atoms with van der Waals surface area (Å²) in [6, 6.07) is 8.15. The van der Waals surface area contributed by atoms with Crippen LogP contribution >= 0.6 is 0 Å². The van der Waals surface area contributed by atoms with Crippen LogP contribution in [0.5, 0.6) is 0 Å². The van der Waals surface area contributed by atoms with Crippen LogP contribution in [-0.2, 0) is 21.6 Å². The van der Waals surface area contributed by atoms with Crippen LogP contribution in [0.3, 0.4) is 0 Å². The van der Waals surface area contributed by atoms with Crippen molar-refractivity contribution in [3.8, 4) is 0 Å². The molecule has 0 N–H and O–H groups in total. The van der Waals surface area contributed by atoms with Gasteiger partial charge in [-0.15, -0.1) is 0 Å². The predicted molar refractivity (Wildman–Crippen MR) is 76.8 cm³/mol. The van der Waals surface area contributed by atoms with Gasteiger partial charge in [-0.1, -0.05) is 37.4 Å². The molecule has 19 heavy (non-hydrogen) atoms. The van der Waals surface area contributed by atoms with Crippen molar-refractivity contribution in [3.05, 3.63) is 60.2 Å². The molecule has 0 saturated heterocycles. The number of hydrogen-bond donors (Lipinski definition) is 0. The molecule has 0 aliphatic heterocycles. The van der Waals surface area contributed by atoms with Crippen LogP contribution in [0.25, 0.3) is 0 Å². The zero-order chi connectivity index (χ0) is 13.9. The van der Waals surface area contributed by atoms with Gasteiger partial charge in [0.15, 0.2) is 5.60 Å². The number of esters is 1. The van der Waals surface area contributed by atoms with Crippen molar-refractivity contribution in [2.75, 3.05) is 0 Å². The highest BCUT2D eigenvalue weighted by Gasteiger charge is 2.36. The van der Waals surface area contributed by atoms with Crippen LogP contribution in [-0.4, -0.2) is 5.97 Å². The van der Waals surface area contributed by atoms with Gasteiger partial charge in [-0.05, 0) is 44.2 Å². The number of benzene rings is 1. The molecule has 0 saturated carbocycles. The summed E-state index contributed by atoms with van der Waals surface area (Å²) in [5, 5.41) is 0. The molecule has 2 heteroatoms. The Hall–Kier alpha value is -1.83. The summed E-state index contributed by atoms with van der Waals surface area (Å²) >= 11 is 0. The molecule has 0 spiro atoms. The summed E-state index contributed by atoms with van der Waals surface area (Å²) in [6.07, 6.45) is 5.70. The average Bonchev–Trinajstić information content (AvgIpc) is 2.59. The van der Waals surface area contributed by atoms with Crippen LogP contribution in [0, 0.1) is 0 Å². The van der Waals surface area contributed by atoms with Crippen LogP contribution in [0.2, 0.25) is 0 Å². The SMILES string of the molecule is C=CC1(OC(=O)C(=C)C)CCCCc2ccccc21. The molecule has 0 aromatic heterocycles.